The minimum atomic E-state index is -4.05. The van der Waals surface area contributed by atoms with Gasteiger partial charge in [-0.25, -0.2) is 0 Å². The van der Waals surface area contributed by atoms with E-state index in [-0.39, 0.29) is 24.9 Å². The van der Waals surface area contributed by atoms with Crippen LogP contribution in [0.3, 0.4) is 0 Å². The second-order valence-corrected chi connectivity index (χ2v) is 6.46. The topological polar surface area (TPSA) is 12.0 Å². The van der Waals surface area contributed by atoms with Crippen molar-refractivity contribution in [2.45, 2.75) is 50.9 Å². The summed E-state index contributed by atoms with van der Waals surface area (Å²) in [7, 11) is 0. The molecule has 0 bridgehead atoms. The molecule has 0 radical (unpaired) electrons. The highest BCUT2D eigenvalue weighted by molar-refractivity contribution is 9.10. The van der Waals surface area contributed by atoms with Crippen molar-refractivity contribution in [2.24, 2.45) is 5.92 Å². The molecule has 0 saturated heterocycles. The Labute approximate surface area is 126 Å². The average Bonchev–Trinajstić information content (AvgIpc) is 2.38. The quantitative estimate of drug-likeness (QED) is 0.788. The minimum absolute atomic E-state index is 0.0472. The molecular weight excluding hydrogens is 331 g/mol. The molecule has 2 unspecified atom stereocenters. The second kappa shape index (κ2) is 6.48. The summed E-state index contributed by atoms with van der Waals surface area (Å²) in [6, 6.07) is 7.91. The molecule has 0 spiro atoms. The van der Waals surface area contributed by atoms with E-state index in [0.29, 0.717) is 6.42 Å². The smallest absolute Gasteiger partial charge is 0.307 e. The van der Waals surface area contributed by atoms with E-state index in [1.54, 1.807) is 0 Å². The van der Waals surface area contributed by atoms with Crippen molar-refractivity contribution in [1.29, 1.82) is 0 Å². The number of halogens is 4. The Balaban J connectivity index is 1.94. The number of benzene rings is 1. The van der Waals surface area contributed by atoms with Crippen LogP contribution in [-0.4, -0.2) is 12.2 Å². The molecule has 1 aromatic carbocycles. The summed E-state index contributed by atoms with van der Waals surface area (Å²) in [5, 5.41) is 3.34. The zero-order valence-corrected chi connectivity index (χ0v) is 13.0. The molecule has 3 atom stereocenters. The van der Waals surface area contributed by atoms with Crippen molar-refractivity contribution in [2.75, 3.05) is 0 Å². The van der Waals surface area contributed by atoms with Gasteiger partial charge in [0.05, 0.1) is 5.92 Å². The van der Waals surface area contributed by atoms with Gasteiger partial charge in [-0.3, -0.25) is 0 Å². The molecular formula is C15H19BrF3N. The maximum atomic E-state index is 12.8. The minimum Gasteiger partial charge on any atom is -0.307 e. The molecule has 0 aromatic heterocycles. The van der Waals surface area contributed by atoms with Crippen LogP contribution in [0.1, 0.15) is 44.2 Å². The highest BCUT2D eigenvalue weighted by Crippen LogP contribution is 2.38. The number of nitrogens with one attached hydrogen (secondary N) is 1. The summed E-state index contributed by atoms with van der Waals surface area (Å²) >= 11 is 3.38. The number of rotatable bonds is 3. The zero-order valence-electron chi connectivity index (χ0n) is 11.4. The molecule has 112 valence electrons. The molecule has 1 aliphatic rings. The molecule has 1 N–H and O–H groups in total. The van der Waals surface area contributed by atoms with Gasteiger partial charge in [0.25, 0.3) is 0 Å². The third-order valence-electron chi connectivity index (χ3n) is 3.99. The van der Waals surface area contributed by atoms with Crippen LogP contribution >= 0.6 is 15.9 Å². The fourth-order valence-electron chi connectivity index (χ4n) is 2.84. The lowest BCUT2D eigenvalue weighted by Crippen LogP contribution is -2.39. The Morgan fingerprint density at radius 2 is 1.85 bits per heavy atom. The first-order valence-electron chi connectivity index (χ1n) is 6.94. The second-order valence-electron chi connectivity index (χ2n) is 5.54. The van der Waals surface area contributed by atoms with Gasteiger partial charge in [0.2, 0.25) is 0 Å². The zero-order chi connectivity index (χ0) is 14.8. The van der Waals surface area contributed by atoms with E-state index in [9.17, 15) is 13.2 Å². The van der Waals surface area contributed by atoms with Crippen molar-refractivity contribution >= 4 is 15.9 Å². The molecule has 20 heavy (non-hydrogen) atoms. The van der Waals surface area contributed by atoms with E-state index < -0.39 is 12.1 Å². The summed E-state index contributed by atoms with van der Waals surface area (Å²) in [5.41, 5.74) is 1.10. The first-order valence-corrected chi connectivity index (χ1v) is 7.74. The Morgan fingerprint density at radius 1 is 1.20 bits per heavy atom. The summed E-state index contributed by atoms with van der Waals surface area (Å²) in [4.78, 5) is 0. The van der Waals surface area contributed by atoms with Crippen LogP contribution in [0.15, 0.2) is 28.7 Å². The number of alkyl halides is 3. The Kier molecular flexibility index (Phi) is 5.13. The number of hydrogen-bond donors (Lipinski definition) is 1. The fourth-order valence-corrected chi connectivity index (χ4v) is 3.10. The van der Waals surface area contributed by atoms with Gasteiger partial charge in [-0.1, -0.05) is 34.5 Å². The number of hydrogen-bond acceptors (Lipinski definition) is 1. The highest BCUT2D eigenvalue weighted by Gasteiger charge is 2.42. The average molecular weight is 350 g/mol. The van der Waals surface area contributed by atoms with Crippen molar-refractivity contribution in [1.82, 2.24) is 5.32 Å². The predicted molar refractivity (Wildman–Crippen MR) is 77.5 cm³/mol. The molecule has 1 saturated carbocycles. The lowest BCUT2D eigenvalue weighted by Gasteiger charge is -2.33. The first-order chi connectivity index (χ1) is 9.36. The van der Waals surface area contributed by atoms with Crippen LogP contribution in [-0.2, 0) is 0 Å². The molecule has 2 rings (SSSR count). The Hall–Kier alpha value is -0.550. The van der Waals surface area contributed by atoms with E-state index in [0.717, 1.165) is 16.5 Å². The molecule has 1 nitrogen and oxygen atoms in total. The third-order valence-corrected chi connectivity index (χ3v) is 4.52. The highest BCUT2D eigenvalue weighted by atomic mass is 79.9. The van der Waals surface area contributed by atoms with Crippen molar-refractivity contribution < 1.29 is 13.2 Å². The Morgan fingerprint density at radius 3 is 2.45 bits per heavy atom. The lowest BCUT2D eigenvalue weighted by molar-refractivity contribution is -0.183. The standard InChI is InChI=1S/C15H19BrF3N/c1-10(11-5-7-13(16)8-6-11)20-14-4-2-3-12(9-14)15(17,18)19/h5-8,10,12,14,20H,2-4,9H2,1H3/t10-,12?,14?/m0/s1. The summed E-state index contributed by atoms with van der Waals surface area (Å²) in [6.45, 7) is 2.00. The first kappa shape index (κ1) is 15.8. The van der Waals surface area contributed by atoms with E-state index in [4.69, 9.17) is 0 Å². The molecule has 0 aliphatic heterocycles. The van der Waals surface area contributed by atoms with Crippen LogP contribution in [0, 0.1) is 5.92 Å². The molecule has 1 fully saturated rings. The van der Waals surface area contributed by atoms with Crippen molar-refractivity contribution in [3.63, 3.8) is 0 Å². The van der Waals surface area contributed by atoms with Gasteiger partial charge in [-0.05, 0) is 43.9 Å². The summed E-state index contributed by atoms with van der Waals surface area (Å²) < 4.78 is 39.4. The monoisotopic (exact) mass is 349 g/mol. The van der Waals surface area contributed by atoms with Crippen molar-refractivity contribution in [3.8, 4) is 0 Å². The molecule has 1 aliphatic carbocycles. The fraction of sp³-hybridized carbons (Fsp3) is 0.600. The maximum Gasteiger partial charge on any atom is 0.391 e. The molecule has 5 heteroatoms. The van der Waals surface area contributed by atoms with Crippen molar-refractivity contribution in [3.05, 3.63) is 34.3 Å². The summed E-state index contributed by atoms with van der Waals surface area (Å²) in [6.07, 6.45) is -2.11. The van der Waals surface area contributed by atoms with E-state index in [2.05, 4.69) is 21.2 Å². The predicted octanol–water partition coefficient (Wildman–Crippen LogP) is 5.22. The van der Waals surface area contributed by atoms with Crippen LogP contribution in [0.25, 0.3) is 0 Å². The lowest BCUT2D eigenvalue weighted by atomic mass is 9.85. The molecule has 0 heterocycles. The molecule has 0 amide bonds. The van der Waals surface area contributed by atoms with Crippen LogP contribution in [0.2, 0.25) is 0 Å². The van der Waals surface area contributed by atoms with Gasteiger partial charge in [-0.15, -0.1) is 0 Å². The normalized spacial score (nSPS) is 25.4. The largest absolute Gasteiger partial charge is 0.391 e. The van der Waals surface area contributed by atoms with Gasteiger partial charge in [0, 0.05) is 16.6 Å². The van der Waals surface area contributed by atoms with Gasteiger partial charge >= 0.3 is 6.18 Å². The van der Waals surface area contributed by atoms with E-state index in [1.165, 1.54) is 0 Å². The molecule has 1 aromatic rings. The maximum absolute atomic E-state index is 12.8. The third kappa shape index (κ3) is 4.22. The van der Waals surface area contributed by atoms with E-state index >= 15 is 0 Å². The van der Waals surface area contributed by atoms with Gasteiger partial charge in [-0.2, -0.15) is 13.2 Å². The van der Waals surface area contributed by atoms with Gasteiger partial charge in [0.15, 0.2) is 0 Å². The van der Waals surface area contributed by atoms with Crippen LogP contribution < -0.4 is 5.32 Å². The Bertz CT molecular complexity index is 430. The van der Waals surface area contributed by atoms with Gasteiger partial charge < -0.3 is 5.32 Å². The van der Waals surface area contributed by atoms with Crippen LogP contribution in [0.5, 0.6) is 0 Å². The van der Waals surface area contributed by atoms with Crippen LogP contribution in [0.4, 0.5) is 13.2 Å². The SMILES string of the molecule is C[C@H](NC1CCCC(C(F)(F)F)C1)c1ccc(Br)cc1. The van der Waals surface area contributed by atoms with E-state index in [1.807, 2.05) is 31.2 Å². The van der Waals surface area contributed by atoms with Gasteiger partial charge in [0.1, 0.15) is 0 Å². The summed E-state index contributed by atoms with van der Waals surface area (Å²) in [5.74, 6) is -1.15.